The van der Waals surface area contributed by atoms with Gasteiger partial charge in [0, 0.05) is 19.1 Å². The summed E-state index contributed by atoms with van der Waals surface area (Å²) < 4.78 is 5.05. The molecule has 1 atom stereocenters. The Balaban J connectivity index is 3.64. The molecule has 0 radical (unpaired) electrons. The predicted molar refractivity (Wildman–Crippen MR) is 53.6 cm³/mol. The van der Waals surface area contributed by atoms with Gasteiger partial charge >= 0.3 is 0 Å². The van der Waals surface area contributed by atoms with Gasteiger partial charge in [-0.3, -0.25) is 4.79 Å². The Morgan fingerprint density at radius 1 is 1.46 bits per heavy atom. The SMILES string of the molecule is COC(C)CCC(=O)NC(C)(C)C. The molecule has 0 heterocycles. The van der Waals surface area contributed by atoms with E-state index in [1.54, 1.807) is 7.11 Å². The summed E-state index contributed by atoms with van der Waals surface area (Å²) in [5.74, 6) is 0.0939. The van der Waals surface area contributed by atoms with E-state index in [1.165, 1.54) is 0 Å². The molecule has 3 heteroatoms. The van der Waals surface area contributed by atoms with Crippen LogP contribution in [0.4, 0.5) is 0 Å². The predicted octanol–water partition coefficient (Wildman–Crippen LogP) is 1.72. The Morgan fingerprint density at radius 3 is 2.38 bits per heavy atom. The van der Waals surface area contributed by atoms with Gasteiger partial charge in [-0.1, -0.05) is 0 Å². The zero-order valence-corrected chi connectivity index (χ0v) is 9.31. The van der Waals surface area contributed by atoms with Gasteiger partial charge in [-0.2, -0.15) is 0 Å². The highest BCUT2D eigenvalue weighted by atomic mass is 16.5. The van der Waals surface area contributed by atoms with Crippen LogP contribution in [-0.2, 0) is 9.53 Å². The second-order valence-electron chi connectivity index (χ2n) is 4.38. The van der Waals surface area contributed by atoms with Gasteiger partial charge in [0.15, 0.2) is 0 Å². The van der Waals surface area contributed by atoms with Crippen molar-refractivity contribution in [3.05, 3.63) is 0 Å². The van der Waals surface area contributed by atoms with E-state index < -0.39 is 0 Å². The topological polar surface area (TPSA) is 38.3 Å². The smallest absolute Gasteiger partial charge is 0.220 e. The van der Waals surface area contributed by atoms with E-state index in [1.807, 2.05) is 27.7 Å². The van der Waals surface area contributed by atoms with Crippen LogP contribution in [-0.4, -0.2) is 24.7 Å². The standard InChI is InChI=1S/C10H21NO2/c1-8(13-5)6-7-9(12)11-10(2,3)4/h8H,6-7H2,1-5H3,(H,11,12). The lowest BCUT2D eigenvalue weighted by Crippen LogP contribution is -2.40. The number of carbonyl (C=O) groups excluding carboxylic acids is 1. The first-order valence-corrected chi connectivity index (χ1v) is 4.69. The van der Waals surface area contributed by atoms with E-state index in [0.29, 0.717) is 6.42 Å². The van der Waals surface area contributed by atoms with Crippen LogP contribution in [0.1, 0.15) is 40.5 Å². The number of methoxy groups -OCH3 is 1. The summed E-state index contributed by atoms with van der Waals surface area (Å²) in [4.78, 5) is 11.3. The number of carbonyl (C=O) groups is 1. The van der Waals surface area contributed by atoms with Crippen LogP contribution < -0.4 is 5.32 Å². The fourth-order valence-electron chi connectivity index (χ4n) is 0.933. The second kappa shape index (κ2) is 5.22. The lowest BCUT2D eigenvalue weighted by atomic mass is 10.1. The molecular weight excluding hydrogens is 166 g/mol. The van der Waals surface area contributed by atoms with Gasteiger partial charge in [-0.15, -0.1) is 0 Å². The highest BCUT2D eigenvalue weighted by molar-refractivity contribution is 5.76. The van der Waals surface area contributed by atoms with E-state index in [-0.39, 0.29) is 17.6 Å². The molecule has 0 aliphatic heterocycles. The van der Waals surface area contributed by atoms with Crippen molar-refractivity contribution in [1.29, 1.82) is 0 Å². The fourth-order valence-corrected chi connectivity index (χ4v) is 0.933. The largest absolute Gasteiger partial charge is 0.382 e. The molecular formula is C10H21NO2. The molecule has 1 unspecified atom stereocenters. The molecule has 0 spiro atoms. The van der Waals surface area contributed by atoms with Crippen molar-refractivity contribution in [2.75, 3.05) is 7.11 Å². The number of hydrogen-bond donors (Lipinski definition) is 1. The average Bonchev–Trinajstić information content (AvgIpc) is 1.97. The average molecular weight is 187 g/mol. The van der Waals surface area contributed by atoms with E-state index in [0.717, 1.165) is 6.42 Å². The molecule has 0 aliphatic carbocycles. The summed E-state index contributed by atoms with van der Waals surface area (Å²) in [6.45, 7) is 7.89. The molecule has 0 rings (SSSR count). The minimum absolute atomic E-state index is 0.0939. The van der Waals surface area contributed by atoms with Crippen molar-refractivity contribution in [1.82, 2.24) is 5.32 Å². The van der Waals surface area contributed by atoms with Gasteiger partial charge in [0.05, 0.1) is 6.10 Å². The van der Waals surface area contributed by atoms with Crippen LogP contribution in [0.2, 0.25) is 0 Å². The number of ether oxygens (including phenoxy) is 1. The molecule has 0 fully saturated rings. The molecule has 0 aromatic carbocycles. The van der Waals surface area contributed by atoms with Crippen molar-refractivity contribution in [3.8, 4) is 0 Å². The molecule has 78 valence electrons. The van der Waals surface area contributed by atoms with Crippen molar-refractivity contribution < 1.29 is 9.53 Å². The molecule has 3 nitrogen and oxygen atoms in total. The van der Waals surface area contributed by atoms with Gasteiger partial charge in [0.25, 0.3) is 0 Å². The Labute approximate surface area is 80.8 Å². The van der Waals surface area contributed by atoms with Gasteiger partial charge in [-0.25, -0.2) is 0 Å². The maximum atomic E-state index is 11.3. The molecule has 13 heavy (non-hydrogen) atoms. The first kappa shape index (κ1) is 12.4. The summed E-state index contributed by atoms with van der Waals surface area (Å²) in [6, 6.07) is 0. The van der Waals surface area contributed by atoms with Crippen LogP contribution in [0.15, 0.2) is 0 Å². The van der Waals surface area contributed by atoms with Crippen molar-refractivity contribution in [3.63, 3.8) is 0 Å². The Morgan fingerprint density at radius 2 is 2.00 bits per heavy atom. The molecule has 1 amide bonds. The third kappa shape index (κ3) is 7.78. The maximum absolute atomic E-state index is 11.3. The number of hydrogen-bond acceptors (Lipinski definition) is 2. The molecule has 1 N–H and O–H groups in total. The van der Waals surface area contributed by atoms with E-state index in [9.17, 15) is 4.79 Å². The van der Waals surface area contributed by atoms with Crippen LogP contribution >= 0.6 is 0 Å². The summed E-state index contributed by atoms with van der Waals surface area (Å²) in [5.41, 5.74) is -0.132. The zero-order valence-electron chi connectivity index (χ0n) is 9.31. The highest BCUT2D eigenvalue weighted by Gasteiger charge is 2.13. The molecule has 0 aliphatic rings. The first-order valence-electron chi connectivity index (χ1n) is 4.69. The normalized spacial score (nSPS) is 13.9. The first-order chi connectivity index (χ1) is 5.85. The van der Waals surface area contributed by atoms with Crippen LogP contribution in [0, 0.1) is 0 Å². The lowest BCUT2D eigenvalue weighted by Gasteiger charge is -2.20. The third-order valence-corrected chi connectivity index (χ3v) is 1.69. The quantitative estimate of drug-likeness (QED) is 0.727. The summed E-state index contributed by atoms with van der Waals surface area (Å²) in [7, 11) is 1.66. The summed E-state index contributed by atoms with van der Waals surface area (Å²) in [5, 5.41) is 2.90. The number of rotatable bonds is 4. The van der Waals surface area contributed by atoms with Crippen molar-refractivity contribution in [2.24, 2.45) is 0 Å². The van der Waals surface area contributed by atoms with Gasteiger partial charge in [-0.05, 0) is 34.1 Å². The molecule has 0 saturated heterocycles. The van der Waals surface area contributed by atoms with Crippen molar-refractivity contribution >= 4 is 5.91 Å². The van der Waals surface area contributed by atoms with E-state index >= 15 is 0 Å². The van der Waals surface area contributed by atoms with Crippen LogP contribution in [0.3, 0.4) is 0 Å². The number of amides is 1. The fraction of sp³-hybridized carbons (Fsp3) is 0.900. The Bertz CT molecular complexity index is 161. The maximum Gasteiger partial charge on any atom is 0.220 e. The lowest BCUT2D eigenvalue weighted by molar-refractivity contribution is -0.123. The van der Waals surface area contributed by atoms with Crippen LogP contribution in [0.5, 0.6) is 0 Å². The number of nitrogens with one attached hydrogen (secondary N) is 1. The van der Waals surface area contributed by atoms with Gasteiger partial charge in [0.2, 0.25) is 5.91 Å². The molecule has 0 bridgehead atoms. The zero-order chi connectivity index (χ0) is 10.5. The van der Waals surface area contributed by atoms with E-state index in [2.05, 4.69) is 5.32 Å². The van der Waals surface area contributed by atoms with Crippen LogP contribution in [0.25, 0.3) is 0 Å². The summed E-state index contributed by atoms with van der Waals surface area (Å²) in [6.07, 6.45) is 1.47. The van der Waals surface area contributed by atoms with E-state index in [4.69, 9.17) is 4.74 Å². The Hall–Kier alpha value is -0.570. The van der Waals surface area contributed by atoms with Crippen molar-refractivity contribution in [2.45, 2.75) is 52.2 Å². The third-order valence-electron chi connectivity index (χ3n) is 1.69. The van der Waals surface area contributed by atoms with Gasteiger partial charge < -0.3 is 10.1 Å². The monoisotopic (exact) mass is 187 g/mol. The molecule has 0 aromatic rings. The highest BCUT2D eigenvalue weighted by Crippen LogP contribution is 2.03. The van der Waals surface area contributed by atoms with Gasteiger partial charge in [0.1, 0.15) is 0 Å². The summed E-state index contributed by atoms with van der Waals surface area (Å²) >= 11 is 0. The molecule has 0 aromatic heterocycles. The Kier molecular flexibility index (Phi) is 4.99. The minimum atomic E-state index is -0.132. The molecule has 0 saturated carbocycles. The second-order valence-corrected chi connectivity index (χ2v) is 4.38. The minimum Gasteiger partial charge on any atom is -0.382 e.